The topological polar surface area (TPSA) is 68.7 Å². The smallest absolute Gasteiger partial charge is 0.319 e. The van der Waals surface area contributed by atoms with Gasteiger partial charge in [-0.1, -0.05) is 0 Å². The number of aromatic nitrogens is 1. The first-order valence-corrected chi connectivity index (χ1v) is 6.34. The van der Waals surface area contributed by atoms with Crippen molar-refractivity contribution in [3.63, 3.8) is 0 Å². The molecule has 100 valence electrons. The van der Waals surface area contributed by atoms with Crippen LogP contribution in [0.5, 0.6) is 11.5 Å². The highest BCUT2D eigenvalue weighted by atomic mass is 32.2. The van der Waals surface area contributed by atoms with Crippen LogP contribution in [0.15, 0.2) is 12.3 Å². The monoisotopic (exact) mass is 271 g/mol. The number of aliphatic carboxylic acids is 1. The summed E-state index contributed by atoms with van der Waals surface area (Å²) in [5.74, 6) is 0.735. The molecule has 1 aromatic heterocycles. The zero-order chi connectivity index (χ0) is 13.8. The van der Waals surface area contributed by atoms with Crippen molar-refractivity contribution >= 4 is 17.7 Å². The molecule has 18 heavy (non-hydrogen) atoms. The molecule has 0 aliphatic heterocycles. The van der Waals surface area contributed by atoms with Gasteiger partial charge in [-0.15, -0.1) is 11.8 Å². The third-order valence-corrected chi connectivity index (χ3v) is 3.77. The van der Waals surface area contributed by atoms with Gasteiger partial charge in [-0.3, -0.25) is 9.78 Å². The number of hydrogen-bond acceptors (Lipinski definition) is 5. The second-order valence-electron chi connectivity index (χ2n) is 4.10. The van der Waals surface area contributed by atoms with E-state index in [1.165, 1.54) is 18.9 Å². The maximum Gasteiger partial charge on any atom is 0.319 e. The van der Waals surface area contributed by atoms with Gasteiger partial charge in [0.2, 0.25) is 0 Å². The van der Waals surface area contributed by atoms with Crippen molar-refractivity contribution in [1.29, 1.82) is 0 Å². The van der Waals surface area contributed by atoms with Crippen molar-refractivity contribution in [2.45, 2.75) is 24.3 Å². The van der Waals surface area contributed by atoms with E-state index in [0.717, 1.165) is 0 Å². The molecular formula is C12H17NO4S. The van der Waals surface area contributed by atoms with Crippen molar-refractivity contribution in [3.8, 4) is 11.5 Å². The standard InChI is InChI=1S/C12H17NO4S/c1-12(2,11(14)15)18-7-8-10(17-4)9(16-3)5-6-13-8/h5-6H,7H2,1-4H3,(H,14,15). The van der Waals surface area contributed by atoms with Crippen LogP contribution in [0.3, 0.4) is 0 Å². The number of thioether (sulfide) groups is 1. The van der Waals surface area contributed by atoms with Crippen LogP contribution in [-0.4, -0.2) is 35.0 Å². The minimum absolute atomic E-state index is 0.444. The van der Waals surface area contributed by atoms with Crippen LogP contribution >= 0.6 is 11.8 Å². The van der Waals surface area contributed by atoms with Crippen LogP contribution in [0.2, 0.25) is 0 Å². The molecular weight excluding hydrogens is 254 g/mol. The molecule has 1 N–H and O–H groups in total. The molecule has 0 saturated heterocycles. The number of rotatable bonds is 6. The average molecular weight is 271 g/mol. The maximum atomic E-state index is 11.0. The summed E-state index contributed by atoms with van der Waals surface area (Å²) in [6.45, 7) is 3.32. The fourth-order valence-corrected chi connectivity index (χ4v) is 2.09. The van der Waals surface area contributed by atoms with E-state index < -0.39 is 10.7 Å². The maximum absolute atomic E-state index is 11.0. The lowest BCUT2D eigenvalue weighted by Crippen LogP contribution is -2.27. The average Bonchev–Trinajstić information content (AvgIpc) is 2.35. The van der Waals surface area contributed by atoms with E-state index in [1.807, 2.05) is 0 Å². The van der Waals surface area contributed by atoms with Gasteiger partial charge < -0.3 is 14.6 Å². The number of methoxy groups -OCH3 is 2. The highest BCUT2D eigenvalue weighted by Gasteiger charge is 2.28. The van der Waals surface area contributed by atoms with Crippen LogP contribution in [0.4, 0.5) is 0 Å². The molecule has 0 fully saturated rings. The van der Waals surface area contributed by atoms with Crippen molar-refractivity contribution < 1.29 is 19.4 Å². The molecule has 0 atom stereocenters. The summed E-state index contributed by atoms with van der Waals surface area (Å²) in [5, 5.41) is 9.05. The Morgan fingerprint density at radius 3 is 2.61 bits per heavy atom. The molecule has 0 aliphatic carbocycles. The minimum atomic E-state index is -0.865. The highest BCUT2D eigenvalue weighted by Crippen LogP contribution is 2.35. The molecule has 0 aliphatic rings. The molecule has 0 spiro atoms. The predicted octanol–water partition coefficient (Wildman–Crippen LogP) is 2.20. The van der Waals surface area contributed by atoms with Gasteiger partial charge in [0.15, 0.2) is 11.5 Å². The SMILES string of the molecule is COc1ccnc(CSC(C)(C)C(=O)O)c1OC. The summed E-state index contributed by atoms with van der Waals surface area (Å²) in [7, 11) is 3.09. The molecule has 0 aromatic carbocycles. The number of ether oxygens (including phenoxy) is 2. The summed E-state index contributed by atoms with van der Waals surface area (Å²) < 4.78 is 9.55. The molecule has 0 saturated carbocycles. The Kier molecular flexibility index (Phi) is 4.84. The van der Waals surface area contributed by atoms with E-state index in [2.05, 4.69) is 4.98 Å². The van der Waals surface area contributed by atoms with Crippen molar-refractivity contribution in [1.82, 2.24) is 4.98 Å². The Morgan fingerprint density at radius 1 is 1.44 bits per heavy atom. The van der Waals surface area contributed by atoms with Gasteiger partial charge in [0.1, 0.15) is 4.75 Å². The van der Waals surface area contributed by atoms with Crippen LogP contribution in [0.25, 0.3) is 0 Å². The summed E-state index contributed by atoms with van der Waals surface area (Å²) in [6, 6.07) is 1.70. The second-order valence-corrected chi connectivity index (χ2v) is 5.70. The molecule has 0 unspecified atom stereocenters. The van der Waals surface area contributed by atoms with E-state index in [-0.39, 0.29) is 0 Å². The Labute approximate surface area is 111 Å². The molecule has 1 rings (SSSR count). The lowest BCUT2D eigenvalue weighted by Gasteiger charge is -2.19. The Bertz CT molecular complexity index is 434. The molecule has 0 radical (unpaired) electrons. The third-order valence-electron chi connectivity index (χ3n) is 2.45. The van der Waals surface area contributed by atoms with Crippen LogP contribution in [0.1, 0.15) is 19.5 Å². The lowest BCUT2D eigenvalue weighted by molar-refractivity contribution is -0.138. The number of carboxylic acid groups (broad SMARTS) is 1. The first-order valence-electron chi connectivity index (χ1n) is 5.35. The number of carboxylic acids is 1. The molecule has 6 heteroatoms. The Hall–Kier alpha value is -1.43. The minimum Gasteiger partial charge on any atom is -0.493 e. The van der Waals surface area contributed by atoms with Crippen LogP contribution in [-0.2, 0) is 10.5 Å². The summed E-state index contributed by atoms with van der Waals surface area (Å²) >= 11 is 1.29. The normalized spacial score (nSPS) is 11.1. The van der Waals surface area contributed by atoms with E-state index in [0.29, 0.717) is 22.9 Å². The Balaban J connectivity index is 2.88. The van der Waals surface area contributed by atoms with E-state index >= 15 is 0 Å². The van der Waals surface area contributed by atoms with Crippen molar-refractivity contribution in [2.75, 3.05) is 14.2 Å². The number of carbonyl (C=O) groups is 1. The Morgan fingerprint density at radius 2 is 2.11 bits per heavy atom. The zero-order valence-corrected chi connectivity index (χ0v) is 11.7. The zero-order valence-electron chi connectivity index (χ0n) is 10.9. The van der Waals surface area contributed by atoms with Gasteiger partial charge >= 0.3 is 5.97 Å². The van der Waals surface area contributed by atoms with Gasteiger partial charge in [-0.05, 0) is 13.8 Å². The number of pyridine rings is 1. The fraction of sp³-hybridized carbons (Fsp3) is 0.500. The van der Waals surface area contributed by atoms with Gasteiger partial charge in [0, 0.05) is 18.0 Å². The first kappa shape index (κ1) is 14.6. The fourth-order valence-electron chi connectivity index (χ4n) is 1.26. The van der Waals surface area contributed by atoms with Crippen molar-refractivity contribution in [3.05, 3.63) is 18.0 Å². The van der Waals surface area contributed by atoms with Gasteiger partial charge in [0.05, 0.1) is 19.9 Å². The van der Waals surface area contributed by atoms with E-state index in [9.17, 15) is 4.79 Å². The molecule has 5 nitrogen and oxygen atoms in total. The number of nitrogens with zero attached hydrogens (tertiary/aromatic N) is 1. The highest BCUT2D eigenvalue weighted by molar-refractivity contribution is 8.00. The van der Waals surface area contributed by atoms with Gasteiger partial charge in [-0.25, -0.2) is 0 Å². The summed E-state index contributed by atoms with van der Waals surface area (Å²) in [6.07, 6.45) is 1.62. The lowest BCUT2D eigenvalue weighted by atomic mass is 10.2. The van der Waals surface area contributed by atoms with E-state index in [4.69, 9.17) is 14.6 Å². The van der Waals surface area contributed by atoms with Crippen molar-refractivity contribution in [2.24, 2.45) is 0 Å². The predicted molar refractivity (Wildman–Crippen MR) is 70.4 cm³/mol. The third kappa shape index (κ3) is 3.29. The second kappa shape index (κ2) is 5.95. The summed E-state index contributed by atoms with van der Waals surface area (Å²) in [5.41, 5.74) is 0.677. The van der Waals surface area contributed by atoms with Crippen LogP contribution < -0.4 is 9.47 Å². The van der Waals surface area contributed by atoms with Gasteiger partial charge in [0.25, 0.3) is 0 Å². The molecule has 1 heterocycles. The van der Waals surface area contributed by atoms with Gasteiger partial charge in [-0.2, -0.15) is 0 Å². The largest absolute Gasteiger partial charge is 0.493 e. The van der Waals surface area contributed by atoms with Crippen LogP contribution in [0, 0.1) is 0 Å². The quantitative estimate of drug-likeness (QED) is 0.855. The molecule has 0 amide bonds. The molecule has 0 bridgehead atoms. The van der Waals surface area contributed by atoms with E-state index in [1.54, 1.807) is 33.2 Å². The summed E-state index contributed by atoms with van der Waals surface area (Å²) in [4.78, 5) is 15.2. The number of hydrogen-bond donors (Lipinski definition) is 1. The molecule has 1 aromatic rings. The first-order chi connectivity index (χ1) is 8.42.